The van der Waals surface area contributed by atoms with E-state index in [9.17, 15) is 4.79 Å². The van der Waals surface area contributed by atoms with Crippen LogP contribution >= 0.6 is 0 Å². The van der Waals surface area contributed by atoms with Crippen LogP contribution in [0.1, 0.15) is 40.0 Å². The average Bonchev–Trinajstić information content (AvgIpc) is 2.87. The molecule has 0 saturated carbocycles. The van der Waals surface area contributed by atoms with Crippen molar-refractivity contribution in [3.8, 4) is 0 Å². The summed E-state index contributed by atoms with van der Waals surface area (Å²) < 4.78 is 0. The molecule has 0 radical (unpaired) electrons. The smallest absolute Gasteiger partial charge is 0.241 e. The van der Waals surface area contributed by atoms with E-state index in [1.807, 2.05) is 4.90 Å². The standard InChI is InChI=1S/C13H25N3O/c1-4-12-13(17)16(11(3)14-12)10(2)9-15-7-5-6-8-15/h10-12,14H,4-9H2,1-3H3. The highest BCUT2D eigenvalue weighted by Crippen LogP contribution is 2.18. The van der Waals surface area contributed by atoms with Gasteiger partial charge in [0, 0.05) is 12.6 Å². The molecule has 0 aromatic rings. The lowest BCUT2D eigenvalue weighted by Gasteiger charge is -2.31. The Labute approximate surface area is 104 Å². The van der Waals surface area contributed by atoms with E-state index in [4.69, 9.17) is 0 Å². The molecular weight excluding hydrogens is 214 g/mol. The van der Waals surface area contributed by atoms with Crippen molar-refractivity contribution in [2.24, 2.45) is 0 Å². The zero-order valence-corrected chi connectivity index (χ0v) is 11.3. The molecule has 0 aromatic heterocycles. The molecule has 0 aliphatic carbocycles. The summed E-state index contributed by atoms with van der Waals surface area (Å²) >= 11 is 0. The molecule has 2 fully saturated rings. The lowest BCUT2D eigenvalue weighted by Crippen LogP contribution is -2.46. The van der Waals surface area contributed by atoms with E-state index in [0.717, 1.165) is 13.0 Å². The number of hydrogen-bond donors (Lipinski definition) is 1. The third-order valence-electron chi connectivity index (χ3n) is 4.02. The summed E-state index contributed by atoms with van der Waals surface area (Å²) in [5.41, 5.74) is 0. The molecule has 1 N–H and O–H groups in total. The van der Waals surface area contributed by atoms with Gasteiger partial charge in [0.15, 0.2) is 0 Å². The van der Waals surface area contributed by atoms with E-state index in [-0.39, 0.29) is 18.1 Å². The first kappa shape index (κ1) is 12.8. The fourth-order valence-corrected chi connectivity index (χ4v) is 3.13. The van der Waals surface area contributed by atoms with Gasteiger partial charge < -0.3 is 9.80 Å². The zero-order valence-electron chi connectivity index (χ0n) is 11.3. The van der Waals surface area contributed by atoms with Gasteiger partial charge in [0.25, 0.3) is 0 Å². The number of likely N-dealkylation sites (tertiary alicyclic amines) is 1. The molecule has 17 heavy (non-hydrogen) atoms. The van der Waals surface area contributed by atoms with E-state index in [1.54, 1.807) is 0 Å². The lowest BCUT2D eigenvalue weighted by atomic mass is 10.2. The second-order valence-corrected chi connectivity index (χ2v) is 5.41. The number of hydrogen-bond acceptors (Lipinski definition) is 3. The van der Waals surface area contributed by atoms with Crippen molar-refractivity contribution < 1.29 is 4.79 Å². The number of rotatable bonds is 4. The van der Waals surface area contributed by atoms with E-state index in [0.29, 0.717) is 6.04 Å². The van der Waals surface area contributed by atoms with Crippen LogP contribution in [-0.2, 0) is 4.79 Å². The Morgan fingerprint density at radius 1 is 1.41 bits per heavy atom. The van der Waals surface area contributed by atoms with Crippen LogP contribution in [0.4, 0.5) is 0 Å². The molecule has 2 aliphatic heterocycles. The molecule has 3 unspecified atom stereocenters. The van der Waals surface area contributed by atoms with E-state index in [1.165, 1.54) is 25.9 Å². The fourth-order valence-electron chi connectivity index (χ4n) is 3.13. The Bertz CT molecular complexity index is 276. The van der Waals surface area contributed by atoms with Gasteiger partial charge in [-0.3, -0.25) is 10.1 Å². The van der Waals surface area contributed by atoms with Crippen LogP contribution in [0, 0.1) is 0 Å². The number of nitrogens with zero attached hydrogens (tertiary/aromatic N) is 2. The summed E-state index contributed by atoms with van der Waals surface area (Å²) in [5, 5.41) is 3.37. The largest absolute Gasteiger partial charge is 0.322 e. The molecule has 1 amide bonds. The molecular formula is C13H25N3O. The first-order valence-corrected chi connectivity index (χ1v) is 6.94. The molecule has 2 rings (SSSR count). The van der Waals surface area contributed by atoms with Crippen molar-refractivity contribution >= 4 is 5.91 Å². The summed E-state index contributed by atoms with van der Waals surface area (Å²) in [4.78, 5) is 16.7. The van der Waals surface area contributed by atoms with Gasteiger partial charge in [-0.15, -0.1) is 0 Å². The topological polar surface area (TPSA) is 35.6 Å². The minimum absolute atomic E-state index is 0.0334. The maximum Gasteiger partial charge on any atom is 0.241 e. The summed E-state index contributed by atoms with van der Waals surface area (Å²) in [6.45, 7) is 9.75. The van der Waals surface area contributed by atoms with Crippen LogP contribution in [0.5, 0.6) is 0 Å². The summed E-state index contributed by atoms with van der Waals surface area (Å²) in [6.07, 6.45) is 3.69. The minimum atomic E-state index is 0.0334. The Kier molecular flexibility index (Phi) is 4.05. The Balaban J connectivity index is 1.93. The van der Waals surface area contributed by atoms with Gasteiger partial charge in [0.05, 0.1) is 12.2 Å². The number of amides is 1. The van der Waals surface area contributed by atoms with Crippen LogP contribution in [-0.4, -0.2) is 53.6 Å². The summed E-state index contributed by atoms with van der Waals surface area (Å²) in [7, 11) is 0. The molecule has 0 bridgehead atoms. The van der Waals surface area contributed by atoms with Crippen molar-refractivity contribution in [1.29, 1.82) is 0 Å². The van der Waals surface area contributed by atoms with Gasteiger partial charge in [-0.25, -0.2) is 0 Å². The normalized spacial score (nSPS) is 32.4. The monoisotopic (exact) mass is 239 g/mol. The van der Waals surface area contributed by atoms with Gasteiger partial charge in [-0.05, 0) is 46.2 Å². The van der Waals surface area contributed by atoms with E-state index < -0.39 is 0 Å². The second-order valence-electron chi connectivity index (χ2n) is 5.41. The zero-order chi connectivity index (χ0) is 12.4. The highest BCUT2D eigenvalue weighted by Gasteiger charge is 2.38. The molecule has 2 heterocycles. The van der Waals surface area contributed by atoms with Crippen LogP contribution < -0.4 is 5.32 Å². The van der Waals surface area contributed by atoms with Crippen LogP contribution in [0.3, 0.4) is 0 Å². The fraction of sp³-hybridized carbons (Fsp3) is 0.923. The average molecular weight is 239 g/mol. The maximum atomic E-state index is 12.2. The second kappa shape index (κ2) is 5.36. The first-order valence-electron chi connectivity index (χ1n) is 6.94. The predicted molar refractivity (Wildman–Crippen MR) is 68.7 cm³/mol. The quantitative estimate of drug-likeness (QED) is 0.796. The minimum Gasteiger partial charge on any atom is -0.322 e. The van der Waals surface area contributed by atoms with Crippen LogP contribution in [0.25, 0.3) is 0 Å². The summed E-state index contributed by atoms with van der Waals surface area (Å²) in [6, 6.07) is 0.352. The predicted octanol–water partition coefficient (Wildman–Crippen LogP) is 1.03. The Morgan fingerprint density at radius 3 is 2.59 bits per heavy atom. The van der Waals surface area contributed by atoms with Crippen LogP contribution in [0.15, 0.2) is 0 Å². The lowest BCUT2D eigenvalue weighted by molar-refractivity contribution is -0.132. The number of carbonyl (C=O) groups excluding carboxylic acids is 1. The summed E-state index contributed by atoms with van der Waals surface area (Å²) in [5.74, 6) is 0.284. The molecule has 4 nitrogen and oxygen atoms in total. The van der Waals surface area contributed by atoms with Gasteiger partial charge in [-0.1, -0.05) is 6.92 Å². The van der Waals surface area contributed by atoms with Gasteiger partial charge in [0.2, 0.25) is 5.91 Å². The maximum absolute atomic E-state index is 12.2. The van der Waals surface area contributed by atoms with Gasteiger partial charge >= 0.3 is 0 Å². The Hall–Kier alpha value is -0.610. The van der Waals surface area contributed by atoms with Crippen molar-refractivity contribution in [1.82, 2.24) is 15.1 Å². The molecule has 4 heteroatoms. The van der Waals surface area contributed by atoms with Crippen molar-refractivity contribution in [2.75, 3.05) is 19.6 Å². The van der Waals surface area contributed by atoms with Crippen molar-refractivity contribution in [2.45, 2.75) is 58.3 Å². The van der Waals surface area contributed by atoms with E-state index >= 15 is 0 Å². The van der Waals surface area contributed by atoms with Crippen molar-refractivity contribution in [3.05, 3.63) is 0 Å². The highest BCUT2D eigenvalue weighted by atomic mass is 16.2. The van der Waals surface area contributed by atoms with Crippen LogP contribution in [0.2, 0.25) is 0 Å². The Morgan fingerprint density at radius 2 is 2.06 bits per heavy atom. The molecule has 0 spiro atoms. The third kappa shape index (κ3) is 2.63. The van der Waals surface area contributed by atoms with E-state index in [2.05, 4.69) is 31.0 Å². The molecule has 2 aliphatic rings. The SMILES string of the molecule is CCC1NC(C)N(C(C)CN2CCCC2)C1=O. The molecule has 0 aromatic carbocycles. The number of nitrogens with one attached hydrogen (secondary N) is 1. The molecule has 3 atom stereocenters. The number of carbonyl (C=O) groups is 1. The molecule has 2 saturated heterocycles. The first-order chi connectivity index (χ1) is 8.13. The highest BCUT2D eigenvalue weighted by molar-refractivity contribution is 5.84. The van der Waals surface area contributed by atoms with Gasteiger partial charge in [-0.2, -0.15) is 0 Å². The van der Waals surface area contributed by atoms with Gasteiger partial charge in [0.1, 0.15) is 0 Å². The third-order valence-corrected chi connectivity index (χ3v) is 4.02. The molecule has 98 valence electrons. The van der Waals surface area contributed by atoms with Crippen molar-refractivity contribution in [3.63, 3.8) is 0 Å².